The van der Waals surface area contributed by atoms with Gasteiger partial charge >= 0.3 is 0 Å². The molecule has 1 aliphatic carbocycles. The predicted octanol–water partition coefficient (Wildman–Crippen LogP) is 9.26. The normalized spacial score (nSPS) is 20.3. The van der Waals surface area contributed by atoms with E-state index < -0.39 is 9.70 Å². The zero-order valence-corrected chi connectivity index (χ0v) is 23.7. The molecule has 0 atom stereocenters. The first kappa shape index (κ1) is 20.0. The molecule has 122 valence electrons. The minimum absolute atomic E-state index is 0.526. The van der Waals surface area contributed by atoms with Crippen molar-refractivity contribution in [3.8, 4) is 11.1 Å². The summed E-state index contributed by atoms with van der Waals surface area (Å²) in [6.45, 7) is 0. The lowest BCUT2D eigenvalue weighted by Gasteiger charge is -2.34. The highest BCUT2D eigenvalue weighted by Crippen LogP contribution is 2.75. The summed E-state index contributed by atoms with van der Waals surface area (Å²) in [6, 6.07) is 12.5. The summed E-state index contributed by atoms with van der Waals surface area (Å²) in [5.41, 5.74) is 4.46. The van der Waals surface area contributed by atoms with Gasteiger partial charge in [0.2, 0.25) is 0 Å². The molecule has 2 aromatic carbocycles. The summed E-state index contributed by atoms with van der Waals surface area (Å²) in [5, 5.41) is 0. The highest BCUT2D eigenvalue weighted by molar-refractivity contribution is 9.32. The molecule has 8 heteroatoms. The van der Waals surface area contributed by atoms with Gasteiger partial charge in [-0.2, -0.15) is 0 Å². The molecule has 0 heterocycles. The van der Waals surface area contributed by atoms with Crippen LogP contribution in [0.1, 0.15) is 11.1 Å². The van der Waals surface area contributed by atoms with Crippen LogP contribution in [0.5, 0.6) is 0 Å². The molecule has 0 saturated heterocycles. The molecular weight excluding hydrogens is 819 g/mol. The number of benzene rings is 2. The van der Waals surface area contributed by atoms with E-state index in [-0.39, 0.29) is 0 Å². The summed E-state index contributed by atoms with van der Waals surface area (Å²) in [4.78, 5) is 0. The van der Waals surface area contributed by atoms with Gasteiger partial charge in [0, 0.05) is 14.5 Å². The Bertz CT molecular complexity index is 780. The average molecular weight is 825 g/mol. The first-order valence-corrected chi connectivity index (χ1v) is 12.6. The van der Waals surface area contributed by atoms with Gasteiger partial charge in [0.15, 0.2) is 0 Å². The Balaban J connectivity index is 2.38. The van der Waals surface area contributed by atoms with Crippen molar-refractivity contribution >= 4 is 127 Å². The fourth-order valence-corrected chi connectivity index (χ4v) is 8.86. The Morgan fingerprint density at radius 2 is 1.26 bits per heavy atom. The van der Waals surface area contributed by atoms with E-state index in [0.29, 0.717) is 0 Å². The van der Waals surface area contributed by atoms with E-state index in [2.05, 4.69) is 146 Å². The Morgan fingerprint density at radius 3 is 1.83 bits per heavy atom. The number of alkyl halides is 6. The number of fused-ring (bicyclic) bond motifs is 1. The van der Waals surface area contributed by atoms with Crippen LogP contribution in [0.25, 0.3) is 11.1 Å². The van der Waals surface area contributed by atoms with Crippen LogP contribution in [0.4, 0.5) is 0 Å². The van der Waals surface area contributed by atoms with Crippen molar-refractivity contribution in [2.24, 2.45) is 0 Å². The molecule has 0 aliphatic heterocycles. The molecule has 0 nitrogen and oxygen atoms in total. The van der Waals surface area contributed by atoms with Crippen LogP contribution < -0.4 is 0 Å². The van der Waals surface area contributed by atoms with E-state index >= 15 is 0 Å². The standard InChI is InChI=1S/C15H6Br8/c16-11-8(7-4-2-1-3-5-7)6-9-10(12(11)17)14(20,21)15(22,23)13(9,18)19/h1-6H. The topological polar surface area (TPSA) is 0 Å². The first-order valence-electron chi connectivity index (χ1n) is 6.25. The van der Waals surface area contributed by atoms with Crippen LogP contribution in [0.15, 0.2) is 45.3 Å². The predicted molar refractivity (Wildman–Crippen MR) is 127 cm³/mol. The lowest BCUT2D eigenvalue weighted by molar-refractivity contribution is 0.818. The fraction of sp³-hybridized carbons (Fsp3) is 0.200. The van der Waals surface area contributed by atoms with Crippen LogP contribution in [-0.2, 0) is 6.47 Å². The van der Waals surface area contributed by atoms with Gasteiger partial charge in [-0.15, -0.1) is 0 Å². The Labute approximate surface area is 202 Å². The maximum Gasteiger partial charge on any atom is 0.139 e. The molecule has 1 aliphatic rings. The number of halogens is 8. The van der Waals surface area contributed by atoms with Crippen molar-refractivity contribution in [2.75, 3.05) is 0 Å². The Morgan fingerprint density at radius 1 is 0.696 bits per heavy atom. The van der Waals surface area contributed by atoms with Gasteiger partial charge in [-0.3, -0.25) is 0 Å². The average Bonchev–Trinajstić information content (AvgIpc) is 2.59. The second-order valence-corrected chi connectivity index (χ2v) is 17.0. The monoisotopic (exact) mass is 817 g/mol. The molecule has 0 bridgehead atoms. The van der Waals surface area contributed by atoms with E-state index in [4.69, 9.17) is 0 Å². The third kappa shape index (κ3) is 2.92. The molecule has 0 saturated carbocycles. The van der Waals surface area contributed by atoms with Gasteiger partial charge in [0.05, 0.1) is 0 Å². The molecule has 0 amide bonds. The van der Waals surface area contributed by atoms with Crippen molar-refractivity contribution in [1.82, 2.24) is 0 Å². The molecule has 3 rings (SSSR count). The van der Waals surface area contributed by atoms with E-state index in [1.807, 2.05) is 18.2 Å². The highest BCUT2D eigenvalue weighted by atomic mass is 79.9. The van der Waals surface area contributed by atoms with Crippen molar-refractivity contribution in [2.45, 2.75) is 9.70 Å². The summed E-state index contributed by atoms with van der Waals surface area (Å²) >= 11 is 30.4. The molecule has 0 spiro atoms. The molecule has 2 aromatic rings. The smallest absolute Gasteiger partial charge is 0.0669 e. The zero-order chi connectivity index (χ0) is 17.2. The summed E-state index contributed by atoms with van der Waals surface area (Å²) in [7, 11) is 0. The quantitative estimate of drug-likeness (QED) is 0.252. The SMILES string of the molecule is Brc1c(-c2ccccc2)cc2c(c1Br)C(Br)(Br)C(Br)(Br)C2(Br)Br. The Hall–Kier alpha value is 2.28. The highest BCUT2D eigenvalue weighted by Gasteiger charge is 2.66. The zero-order valence-electron chi connectivity index (χ0n) is 11.0. The van der Waals surface area contributed by atoms with Crippen molar-refractivity contribution in [3.63, 3.8) is 0 Å². The molecule has 23 heavy (non-hydrogen) atoms. The van der Waals surface area contributed by atoms with Crippen LogP contribution in [0.2, 0.25) is 0 Å². The van der Waals surface area contributed by atoms with Gasteiger partial charge < -0.3 is 0 Å². The maximum atomic E-state index is 3.83. The molecular formula is C15H6Br8. The number of hydrogen-bond donors (Lipinski definition) is 0. The van der Waals surface area contributed by atoms with E-state index in [1.165, 1.54) is 0 Å². The van der Waals surface area contributed by atoms with Crippen molar-refractivity contribution < 1.29 is 0 Å². The van der Waals surface area contributed by atoms with E-state index in [9.17, 15) is 0 Å². The van der Waals surface area contributed by atoms with E-state index in [0.717, 1.165) is 31.2 Å². The lowest BCUT2D eigenvalue weighted by Crippen LogP contribution is -2.36. The third-order valence-corrected chi connectivity index (χ3v) is 16.5. The van der Waals surface area contributed by atoms with Crippen LogP contribution in [0, 0.1) is 0 Å². The third-order valence-electron chi connectivity index (χ3n) is 3.73. The maximum absolute atomic E-state index is 3.83. The second kappa shape index (κ2) is 6.71. The van der Waals surface area contributed by atoms with Gasteiger partial charge in [0.25, 0.3) is 0 Å². The van der Waals surface area contributed by atoms with Crippen LogP contribution in [0.3, 0.4) is 0 Å². The van der Waals surface area contributed by atoms with Gasteiger partial charge in [-0.1, -0.05) is 126 Å². The molecule has 0 aromatic heterocycles. The molecule has 0 radical (unpaired) electrons. The van der Waals surface area contributed by atoms with Crippen molar-refractivity contribution in [1.29, 1.82) is 0 Å². The second-order valence-electron chi connectivity index (χ2n) is 5.06. The summed E-state index contributed by atoms with van der Waals surface area (Å²) in [5.74, 6) is 0. The fourth-order valence-electron chi connectivity index (χ4n) is 2.53. The van der Waals surface area contributed by atoms with E-state index in [1.54, 1.807) is 0 Å². The molecule has 0 fully saturated rings. The largest absolute Gasteiger partial charge is 0.139 e. The van der Waals surface area contributed by atoms with Crippen LogP contribution >= 0.6 is 127 Å². The van der Waals surface area contributed by atoms with Crippen LogP contribution in [-0.4, -0.2) is 3.23 Å². The van der Waals surface area contributed by atoms with Gasteiger partial charge in [0.1, 0.15) is 9.70 Å². The number of hydrogen-bond acceptors (Lipinski definition) is 0. The van der Waals surface area contributed by atoms with Gasteiger partial charge in [-0.25, -0.2) is 0 Å². The van der Waals surface area contributed by atoms with Gasteiger partial charge in [-0.05, 0) is 54.6 Å². The summed E-state index contributed by atoms with van der Waals surface area (Å²) < 4.78 is 0.402. The Kier molecular flexibility index (Phi) is 5.84. The molecule has 0 unspecified atom stereocenters. The first-order chi connectivity index (χ1) is 10.5. The number of rotatable bonds is 1. The van der Waals surface area contributed by atoms with Crippen molar-refractivity contribution in [3.05, 3.63) is 56.5 Å². The molecule has 0 N–H and O–H groups in total. The minimum atomic E-state index is -0.542. The lowest BCUT2D eigenvalue weighted by atomic mass is 10.0. The summed E-state index contributed by atoms with van der Waals surface area (Å²) in [6.07, 6.45) is 0. The minimum Gasteiger partial charge on any atom is -0.0669 e.